The minimum atomic E-state index is -4.96. The summed E-state index contributed by atoms with van der Waals surface area (Å²) in [6.07, 6.45) is -5.21. The molecule has 1 amide bonds. The van der Waals surface area contributed by atoms with Crippen LogP contribution < -0.4 is 15.4 Å². The van der Waals surface area contributed by atoms with Gasteiger partial charge in [-0.3, -0.25) is 9.10 Å². The van der Waals surface area contributed by atoms with E-state index in [9.17, 15) is 35.9 Å². The summed E-state index contributed by atoms with van der Waals surface area (Å²) in [7, 11) is -4.34. The first-order valence-corrected chi connectivity index (χ1v) is 13.3. The number of halogens is 4. The van der Waals surface area contributed by atoms with Crippen molar-refractivity contribution in [3.63, 3.8) is 0 Å². The summed E-state index contributed by atoms with van der Waals surface area (Å²) >= 11 is 1.07. The molecule has 0 saturated carbocycles. The fraction of sp³-hybridized carbons (Fsp3) is 0.435. The average Bonchev–Trinajstić information content (AvgIpc) is 2.76. The number of sulfonamides is 1. The highest BCUT2D eigenvalue weighted by molar-refractivity contribution is 8.00. The number of alkyl halides is 3. The quantitative estimate of drug-likeness (QED) is 0.456. The number of aliphatic hydroxyl groups is 1. The zero-order chi connectivity index (χ0) is 27.1. The monoisotopic (exact) mass is 549 g/mol. The molecule has 2 aromatic rings. The molecule has 0 radical (unpaired) electrons. The lowest BCUT2D eigenvalue weighted by Crippen LogP contribution is -2.49. The Labute approximate surface area is 211 Å². The Kier molecular flexibility index (Phi) is 7.72. The topological polar surface area (TPSA) is 113 Å². The van der Waals surface area contributed by atoms with Crippen LogP contribution in [0.25, 0.3) is 0 Å². The summed E-state index contributed by atoms with van der Waals surface area (Å²) < 4.78 is 81.8. The Hall–Kier alpha value is -2.35. The van der Waals surface area contributed by atoms with Gasteiger partial charge < -0.3 is 16.2 Å². The van der Waals surface area contributed by atoms with Crippen molar-refractivity contribution < 1.29 is 35.9 Å². The second-order valence-corrected chi connectivity index (χ2v) is 12.3. The van der Waals surface area contributed by atoms with E-state index in [2.05, 4.69) is 5.32 Å². The van der Waals surface area contributed by atoms with Gasteiger partial charge in [0.25, 0.3) is 10.0 Å². The maximum atomic E-state index is 13.6. The summed E-state index contributed by atoms with van der Waals surface area (Å²) in [5.74, 6) is -1.06. The van der Waals surface area contributed by atoms with Crippen LogP contribution in [-0.4, -0.2) is 49.5 Å². The molecule has 3 rings (SSSR count). The highest BCUT2D eigenvalue weighted by Crippen LogP contribution is 2.45. The molecule has 0 aromatic heterocycles. The van der Waals surface area contributed by atoms with Gasteiger partial charge in [-0.05, 0) is 62.7 Å². The summed E-state index contributed by atoms with van der Waals surface area (Å²) in [6, 6.07) is 6.46. The number of nitrogens with one attached hydrogen (secondary N) is 1. The van der Waals surface area contributed by atoms with E-state index in [1.54, 1.807) is 13.8 Å². The van der Waals surface area contributed by atoms with Gasteiger partial charge in [-0.15, -0.1) is 11.8 Å². The van der Waals surface area contributed by atoms with Gasteiger partial charge in [0, 0.05) is 29.2 Å². The Morgan fingerprint density at radius 3 is 2.33 bits per heavy atom. The lowest BCUT2D eigenvalue weighted by atomic mass is 9.95. The van der Waals surface area contributed by atoms with E-state index < -0.39 is 50.7 Å². The van der Waals surface area contributed by atoms with Crippen molar-refractivity contribution in [2.24, 2.45) is 5.73 Å². The Morgan fingerprint density at radius 2 is 1.78 bits per heavy atom. The molecule has 13 heteroatoms. The normalized spacial score (nSPS) is 18.4. The lowest BCUT2D eigenvalue weighted by molar-refractivity contribution is -0.258. The van der Waals surface area contributed by atoms with Crippen molar-refractivity contribution in [3.8, 4) is 0 Å². The van der Waals surface area contributed by atoms with Gasteiger partial charge in [-0.1, -0.05) is 6.07 Å². The van der Waals surface area contributed by atoms with Crippen LogP contribution in [-0.2, 0) is 20.4 Å². The molecular weight excluding hydrogens is 522 g/mol. The zero-order valence-electron chi connectivity index (χ0n) is 19.8. The standard InChI is InChI=1S/C23H27F4N3O4S2/c1-21(2,28)13-29-20(31)11-16-12-35-19-10-14(22(3,32)23(25,26)27)4-9-18(19)30(16)36(33,34)17-7-5-15(24)6-8-17/h4-10,16,32H,11-13,28H2,1-3H3,(H,29,31). The van der Waals surface area contributed by atoms with Crippen LogP contribution in [0.5, 0.6) is 0 Å². The molecule has 4 N–H and O–H groups in total. The SMILES string of the molecule is CC(C)(N)CNC(=O)CC1CSc2cc(C(C)(O)C(F)(F)F)ccc2N1S(=O)(=O)c1ccc(F)cc1. The fourth-order valence-corrected chi connectivity index (χ4v) is 6.51. The van der Waals surface area contributed by atoms with Crippen LogP contribution in [0.15, 0.2) is 52.3 Å². The van der Waals surface area contributed by atoms with E-state index in [0.29, 0.717) is 6.92 Å². The molecule has 0 aliphatic carbocycles. The van der Waals surface area contributed by atoms with Gasteiger partial charge in [0.05, 0.1) is 16.6 Å². The van der Waals surface area contributed by atoms with Crippen LogP contribution in [0, 0.1) is 5.82 Å². The second-order valence-electron chi connectivity index (χ2n) is 9.44. The average molecular weight is 550 g/mol. The largest absolute Gasteiger partial charge is 0.421 e. The third-order valence-electron chi connectivity index (χ3n) is 5.61. The first kappa shape index (κ1) is 28.2. The summed E-state index contributed by atoms with van der Waals surface area (Å²) in [5, 5.41) is 12.7. The van der Waals surface area contributed by atoms with Gasteiger partial charge in [-0.2, -0.15) is 13.2 Å². The summed E-state index contributed by atoms with van der Waals surface area (Å²) in [5.41, 5.74) is 1.63. The number of carbonyl (C=O) groups is 1. The number of nitrogens with zero attached hydrogens (tertiary/aromatic N) is 1. The highest BCUT2D eigenvalue weighted by atomic mass is 32.2. The molecule has 0 saturated heterocycles. The Balaban J connectivity index is 2.05. The highest BCUT2D eigenvalue weighted by Gasteiger charge is 2.51. The van der Waals surface area contributed by atoms with Crippen LogP contribution >= 0.6 is 11.8 Å². The number of carbonyl (C=O) groups excluding carboxylic acids is 1. The molecule has 2 unspecified atom stereocenters. The smallest absolute Gasteiger partial charge is 0.376 e. The Bertz CT molecular complexity index is 1230. The van der Waals surface area contributed by atoms with Gasteiger partial charge >= 0.3 is 6.18 Å². The van der Waals surface area contributed by atoms with E-state index in [4.69, 9.17) is 5.73 Å². The van der Waals surface area contributed by atoms with Gasteiger partial charge in [-0.25, -0.2) is 12.8 Å². The third-order valence-corrected chi connectivity index (χ3v) is 8.68. The van der Waals surface area contributed by atoms with Crippen molar-refractivity contribution >= 4 is 33.4 Å². The maximum Gasteiger partial charge on any atom is 0.421 e. The zero-order valence-corrected chi connectivity index (χ0v) is 21.4. The number of thioether (sulfide) groups is 1. The van der Waals surface area contributed by atoms with Gasteiger partial charge in [0.15, 0.2) is 5.60 Å². The molecule has 198 valence electrons. The molecule has 7 nitrogen and oxygen atoms in total. The van der Waals surface area contributed by atoms with E-state index in [0.717, 1.165) is 52.5 Å². The van der Waals surface area contributed by atoms with Crippen molar-refractivity contribution in [2.45, 2.75) is 60.3 Å². The van der Waals surface area contributed by atoms with E-state index in [1.807, 2.05) is 0 Å². The number of hydrogen-bond donors (Lipinski definition) is 3. The first-order chi connectivity index (χ1) is 16.4. The fourth-order valence-electron chi connectivity index (χ4n) is 3.53. The van der Waals surface area contributed by atoms with E-state index in [-0.39, 0.29) is 34.2 Å². The van der Waals surface area contributed by atoms with Crippen molar-refractivity contribution in [1.82, 2.24) is 5.32 Å². The third kappa shape index (κ3) is 5.96. The van der Waals surface area contributed by atoms with Crippen LogP contribution in [0.4, 0.5) is 23.2 Å². The first-order valence-electron chi connectivity index (χ1n) is 10.9. The molecule has 1 aliphatic rings. The molecule has 0 bridgehead atoms. The number of rotatable bonds is 7. The van der Waals surface area contributed by atoms with Gasteiger partial charge in [0.1, 0.15) is 5.82 Å². The number of nitrogens with two attached hydrogens (primary N) is 1. The van der Waals surface area contributed by atoms with Crippen LogP contribution in [0.3, 0.4) is 0 Å². The van der Waals surface area contributed by atoms with E-state index >= 15 is 0 Å². The molecule has 1 heterocycles. The summed E-state index contributed by atoms with van der Waals surface area (Å²) in [6.45, 7) is 4.17. The van der Waals surface area contributed by atoms with E-state index in [1.165, 1.54) is 6.07 Å². The number of benzene rings is 2. The predicted octanol–water partition coefficient (Wildman–Crippen LogP) is 3.51. The lowest BCUT2D eigenvalue weighted by Gasteiger charge is -2.38. The molecule has 1 aliphatic heterocycles. The number of amides is 1. The maximum absolute atomic E-state index is 13.6. The summed E-state index contributed by atoms with van der Waals surface area (Å²) in [4.78, 5) is 12.5. The van der Waals surface area contributed by atoms with Gasteiger partial charge in [0.2, 0.25) is 5.91 Å². The van der Waals surface area contributed by atoms with Crippen LogP contribution in [0.2, 0.25) is 0 Å². The number of anilines is 1. The molecular formula is C23H27F4N3O4S2. The minimum Gasteiger partial charge on any atom is -0.376 e. The Morgan fingerprint density at radius 1 is 1.17 bits per heavy atom. The van der Waals surface area contributed by atoms with Crippen molar-refractivity contribution in [3.05, 3.63) is 53.8 Å². The molecule has 36 heavy (non-hydrogen) atoms. The molecule has 0 fully saturated rings. The number of fused-ring (bicyclic) bond motifs is 1. The minimum absolute atomic E-state index is 0.0461. The molecule has 2 aromatic carbocycles. The predicted molar refractivity (Wildman–Crippen MR) is 129 cm³/mol. The number of hydrogen-bond acceptors (Lipinski definition) is 6. The molecule has 0 spiro atoms. The van der Waals surface area contributed by atoms with Crippen molar-refractivity contribution in [2.75, 3.05) is 16.6 Å². The van der Waals surface area contributed by atoms with Crippen molar-refractivity contribution in [1.29, 1.82) is 0 Å². The van der Waals surface area contributed by atoms with Crippen LogP contribution in [0.1, 0.15) is 32.8 Å². The molecule has 2 atom stereocenters. The second kappa shape index (κ2) is 9.84.